The van der Waals surface area contributed by atoms with Crippen LogP contribution in [-0.4, -0.2) is 59.2 Å². The Hall–Kier alpha value is -1.47. The van der Waals surface area contributed by atoms with E-state index in [0.717, 1.165) is 55.4 Å². The third-order valence-electron chi connectivity index (χ3n) is 4.62. The molecule has 1 aliphatic rings. The van der Waals surface area contributed by atoms with E-state index in [-0.39, 0.29) is 11.5 Å². The third kappa shape index (κ3) is 3.95. The summed E-state index contributed by atoms with van der Waals surface area (Å²) in [7, 11) is 0. The Morgan fingerprint density at radius 3 is 2.54 bits per heavy atom. The van der Waals surface area contributed by atoms with Crippen molar-refractivity contribution in [3.63, 3.8) is 0 Å². The number of aryl methyl sites for hydroxylation is 2. The monoisotopic (exact) mass is 347 g/mol. The molecule has 0 saturated carbocycles. The average molecular weight is 347 g/mol. The topological polar surface area (TPSA) is 59.6 Å². The van der Waals surface area contributed by atoms with Crippen LogP contribution in [0, 0.1) is 13.8 Å². The van der Waals surface area contributed by atoms with E-state index in [2.05, 4.69) is 46.8 Å². The number of nitrogens with one attached hydrogen (secondary N) is 1. The smallest absolute Gasteiger partial charge is 0.305 e. The van der Waals surface area contributed by atoms with Gasteiger partial charge in [-0.15, -0.1) is 0 Å². The Morgan fingerprint density at radius 2 is 1.88 bits per heavy atom. The highest BCUT2D eigenvalue weighted by Crippen LogP contribution is 2.28. The minimum Gasteiger partial charge on any atom is -0.395 e. The first-order valence-corrected chi connectivity index (χ1v) is 9.23. The van der Waals surface area contributed by atoms with Gasteiger partial charge in [-0.1, -0.05) is 35.1 Å². The number of piperazine rings is 1. The molecule has 1 aromatic carbocycles. The Bertz CT molecular complexity index is 745. The van der Waals surface area contributed by atoms with E-state index < -0.39 is 0 Å². The first-order valence-electron chi connectivity index (χ1n) is 8.42. The highest BCUT2D eigenvalue weighted by atomic mass is 32.1. The normalized spacial score (nSPS) is 16.6. The van der Waals surface area contributed by atoms with Crippen LogP contribution in [0.5, 0.6) is 0 Å². The maximum Gasteiger partial charge on any atom is 0.305 e. The number of aliphatic hydroxyl groups is 1. The van der Waals surface area contributed by atoms with Gasteiger partial charge < -0.3 is 10.1 Å². The first kappa shape index (κ1) is 17.4. The molecule has 0 amide bonds. The fraction of sp³-hybridized carbons (Fsp3) is 0.500. The summed E-state index contributed by atoms with van der Waals surface area (Å²) >= 11 is 1.32. The minimum absolute atomic E-state index is 0.0129. The highest BCUT2D eigenvalue weighted by molar-refractivity contribution is 7.09. The number of β-amino-alcohol motifs (C(OH)–C–C–N with tert-alkyl or cyclic N) is 1. The maximum absolute atomic E-state index is 12.0. The second-order valence-electron chi connectivity index (χ2n) is 6.47. The molecular formula is C18H25N3O2S. The Balaban J connectivity index is 1.77. The molecule has 1 aromatic heterocycles. The predicted molar refractivity (Wildman–Crippen MR) is 98.7 cm³/mol. The molecule has 6 heteroatoms. The molecule has 0 bridgehead atoms. The number of aromatic nitrogens is 1. The summed E-state index contributed by atoms with van der Waals surface area (Å²) in [6.45, 7) is 9.83. The quantitative estimate of drug-likeness (QED) is 0.866. The lowest BCUT2D eigenvalue weighted by Gasteiger charge is -2.34. The Kier molecular flexibility index (Phi) is 5.50. The number of H-pyrrole nitrogens is 1. The molecule has 5 nitrogen and oxygen atoms in total. The number of thiazole rings is 1. The van der Waals surface area contributed by atoms with Crippen LogP contribution >= 0.6 is 11.3 Å². The molecule has 1 aliphatic heterocycles. The summed E-state index contributed by atoms with van der Waals surface area (Å²) in [5.41, 5.74) is 4.52. The van der Waals surface area contributed by atoms with E-state index in [1.165, 1.54) is 22.5 Å². The molecule has 130 valence electrons. The van der Waals surface area contributed by atoms with Crippen molar-refractivity contribution in [3.05, 3.63) is 43.9 Å². The molecule has 24 heavy (non-hydrogen) atoms. The van der Waals surface area contributed by atoms with Gasteiger partial charge in [0, 0.05) is 49.7 Å². The van der Waals surface area contributed by atoms with E-state index in [1.807, 2.05) is 0 Å². The van der Waals surface area contributed by atoms with Crippen molar-refractivity contribution in [1.29, 1.82) is 0 Å². The van der Waals surface area contributed by atoms with Crippen molar-refractivity contribution in [2.24, 2.45) is 0 Å². The lowest BCUT2D eigenvalue weighted by atomic mass is 10.0. The zero-order chi connectivity index (χ0) is 17.1. The molecule has 0 radical (unpaired) electrons. The molecule has 1 saturated heterocycles. The van der Waals surface area contributed by atoms with E-state index in [1.54, 1.807) is 0 Å². The number of rotatable bonds is 5. The molecule has 2 N–H and O–H groups in total. The fourth-order valence-corrected chi connectivity index (χ4v) is 4.19. The van der Waals surface area contributed by atoms with Gasteiger partial charge in [0.25, 0.3) is 0 Å². The van der Waals surface area contributed by atoms with Crippen molar-refractivity contribution in [2.45, 2.75) is 20.4 Å². The van der Waals surface area contributed by atoms with Crippen LogP contribution in [0.4, 0.5) is 0 Å². The molecule has 3 rings (SSSR count). The summed E-state index contributed by atoms with van der Waals surface area (Å²) in [6.07, 6.45) is 0. The number of aromatic amines is 1. The predicted octanol–water partition coefficient (Wildman–Crippen LogP) is 1.83. The van der Waals surface area contributed by atoms with Crippen LogP contribution < -0.4 is 4.87 Å². The van der Waals surface area contributed by atoms with Gasteiger partial charge >= 0.3 is 4.87 Å². The number of hydrogen-bond acceptors (Lipinski definition) is 5. The van der Waals surface area contributed by atoms with Gasteiger partial charge in [0.1, 0.15) is 0 Å². The largest absolute Gasteiger partial charge is 0.395 e. The van der Waals surface area contributed by atoms with Crippen LogP contribution in [0.15, 0.2) is 23.0 Å². The van der Waals surface area contributed by atoms with Crippen molar-refractivity contribution in [1.82, 2.24) is 14.8 Å². The van der Waals surface area contributed by atoms with Crippen LogP contribution in [0.2, 0.25) is 0 Å². The van der Waals surface area contributed by atoms with Crippen LogP contribution in [-0.2, 0) is 6.54 Å². The van der Waals surface area contributed by atoms with E-state index in [0.29, 0.717) is 0 Å². The first-order chi connectivity index (χ1) is 11.6. The average Bonchev–Trinajstić information content (AvgIpc) is 2.90. The summed E-state index contributed by atoms with van der Waals surface area (Å²) < 4.78 is 0. The fourth-order valence-electron chi connectivity index (χ4n) is 3.30. The van der Waals surface area contributed by atoms with E-state index in [4.69, 9.17) is 5.11 Å². The van der Waals surface area contributed by atoms with Gasteiger partial charge in [-0.05, 0) is 19.4 Å². The van der Waals surface area contributed by atoms with Crippen molar-refractivity contribution < 1.29 is 5.11 Å². The molecule has 2 aromatic rings. The molecule has 0 spiro atoms. The SMILES string of the molecule is Cc1ccc(-c2[nH]c(=O)sc2CN2CCN(CCO)CC2)c(C)c1. The lowest BCUT2D eigenvalue weighted by molar-refractivity contribution is 0.109. The minimum atomic E-state index is 0.0129. The van der Waals surface area contributed by atoms with Crippen LogP contribution in [0.3, 0.4) is 0 Å². The zero-order valence-electron chi connectivity index (χ0n) is 14.3. The van der Waals surface area contributed by atoms with Crippen molar-refractivity contribution in [3.8, 4) is 11.3 Å². The highest BCUT2D eigenvalue weighted by Gasteiger charge is 2.20. The molecule has 2 heterocycles. The molecular weight excluding hydrogens is 322 g/mol. The summed E-state index contributed by atoms with van der Waals surface area (Å²) in [6, 6.07) is 6.35. The van der Waals surface area contributed by atoms with Gasteiger partial charge in [-0.25, -0.2) is 0 Å². The number of nitrogens with zero attached hydrogens (tertiary/aromatic N) is 2. The van der Waals surface area contributed by atoms with Crippen LogP contribution in [0.25, 0.3) is 11.3 Å². The molecule has 0 atom stereocenters. The third-order valence-corrected chi connectivity index (χ3v) is 5.49. The summed E-state index contributed by atoms with van der Waals surface area (Å²) in [4.78, 5) is 20.8. The number of benzene rings is 1. The molecule has 0 unspecified atom stereocenters. The summed E-state index contributed by atoms with van der Waals surface area (Å²) in [5.74, 6) is 0. The van der Waals surface area contributed by atoms with E-state index >= 15 is 0 Å². The second-order valence-corrected chi connectivity index (χ2v) is 7.54. The van der Waals surface area contributed by atoms with Gasteiger partial charge in [0.15, 0.2) is 0 Å². The van der Waals surface area contributed by atoms with Gasteiger partial charge in [-0.3, -0.25) is 14.6 Å². The maximum atomic E-state index is 12.0. The van der Waals surface area contributed by atoms with Crippen molar-refractivity contribution in [2.75, 3.05) is 39.3 Å². The van der Waals surface area contributed by atoms with Gasteiger partial charge in [0.2, 0.25) is 0 Å². The lowest BCUT2D eigenvalue weighted by Crippen LogP contribution is -2.46. The summed E-state index contributed by atoms with van der Waals surface area (Å²) in [5, 5.41) is 9.04. The van der Waals surface area contributed by atoms with Gasteiger partial charge in [0.05, 0.1) is 12.3 Å². The molecule has 0 aliphatic carbocycles. The van der Waals surface area contributed by atoms with Crippen molar-refractivity contribution >= 4 is 11.3 Å². The van der Waals surface area contributed by atoms with Crippen LogP contribution in [0.1, 0.15) is 16.0 Å². The van der Waals surface area contributed by atoms with E-state index in [9.17, 15) is 4.79 Å². The van der Waals surface area contributed by atoms with Gasteiger partial charge in [-0.2, -0.15) is 0 Å². The number of aliphatic hydroxyl groups excluding tert-OH is 1. The zero-order valence-corrected chi connectivity index (χ0v) is 15.2. The standard InChI is InChI=1S/C18H25N3O2S/c1-13-3-4-15(14(2)11-13)17-16(24-18(23)19-17)12-21-7-5-20(6-8-21)9-10-22/h3-4,11,22H,5-10,12H2,1-2H3,(H,19,23). The number of hydrogen-bond donors (Lipinski definition) is 2. The Labute approximate surface area is 146 Å². The Morgan fingerprint density at radius 1 is 1.17 bits per heavy atom. The second kappa shape index (κ2) is 7.61. The molecule has 1 fully saturated rings.